The molecule has 0 aromatic carbocycles. The molecule has 3 N–H and O–H groups in total. The van der Waals surface area contributed by atoms with E-state index in [1.807, 2.05) is 18.7 Å². The zero-order chi connectivity index (χ0) is 12.1. The maximum atomic E-state index is 9.05. The average molecular weight is 239 g/mol. The maximum absolute atomic E-state index is 9.05. The number of hydrogen-bond acceptors (Lipinski definition) is 4. The first-order chi connectivity index (χ1) is 7.57. The summed E-state index contributed by atoms with van der Waals surface area (Å²) in [5.74, 6) is 0. The Hall–Kier alpha value is -1.20. The molecule has 0 unspecified atom stereocenters. The molecular formula is C11H17N3OS. The highest BCUT2D eigenvalue weighted by atomic mass is 32.1. The van der Waals surface area contributed by atoms with E-state index >= 15 is 0 Å². The van der Waals surface area contributed by atoms with Crippen molar-refractivity contribution in [2.75, 3.05) is 18.1 Å². The summed E-state index contributed by atoms with van der Waals surface area (Å²) >= 11 is 5.00. The van der Waals surface area contributed by atoms with E-state index in [4.69, 9.17) is 23.1 Å². The number of rotatable bonds is 5. The fraction of sp³-hybridized carbons (Fsp3) is 0.455. The molecule has 0 radical (unpaired) electrons. The van der Waals surface area contributed by atoms with Crippen molar-refractivity contribution < 1.29 is 5.11 Å². The molecule has 0 aliphatic heterocycles. The number of aromatic nitrogens is 1. The fourth-order valence-electron chi connectivity index (χ4n) is 1.59. The van der Waals surface area contributed by atoms with E-state index in [9.17, 15) is 0 Å². The third-order valence-electron chi connectivity index (χ3n) is 2.34. The van der Waals surface area contributed by atoms with Crippen LogP contribution in [0.5, 0.6) is 0 Å². The van der Waals surface area contributed by atoms with Gasteiger partial charge in [0.15, 0.2) is 0 Å². The smallest absolute Gasteiger partial charge is 0.106 e. The van der Waals surface area contributed by atoms with Crippen LogP contribution in [0, 0.1) is 0 Å². The quantitative estimate of drug-likeness (QED) is 0.748. The van der Waals surface area contributed by atoms with Gasteiger partial charge in [-0.15, -0.1) is 0 Å². The lowest BCUT2D eigenvalue weighted by Crippen LogP contribution is -2.35. The Bertz CT molecular complexity index is 368. The minimum absolute atomic E-state index is 0.0872. The van der Waals surface area contributed by atoms with E-state index in [2.05, 4.69) is 4.98 Å². The van der Waals surface area contributed by atoms with Gasteiger partial charge >= 0.3 is 0 Å². The van der Waals surface area contributed by atoms with E-state index in [0.717, 1.165) is 11.3 Å². The molecule has 16 heavy (non-hydrogen) atoms. The second-order valence-corrected chi connectivity index (χ2v) is 4.21. The molecule has 0 saturated carbocycles. The number of nitrogens with zero attached hydrogens (tertiary/aromatic N) is 2. The number of pyridine rings is 1. The molecule has 5 heteroatoms. The molecule has 88 valence electrons. The van der Waals surface area contributed by atoms with E-state index < -0.39 is 0 Å². The molecule has 0 aliphatic carbocycles. The fourth-order valence-corrected chi connectivity index (χ4v) is 1.76. The zero-order valence-electron chi connectivity index (χ0n) is 9.55. The van der Waals surface area contributed by atoms with E-state index in [-0.39, 0.29) is 12.6 Å². The minimum Gasteiger partial charge on any atom is -0.395 e. The monoisotopic (exact) mass is 239 g/mol. The lowest BCUT2D eigenvalue weighted by Gasteiger charge is -2.29. The second kappa shape index (κ2) is 5.77. The van der Waals surface area contributed by atoms with Crippen molar-refractivity contribution in [2.24, 2.45) is 5.73 Å². The summed E-state index contributed by atoms with van der Waals surface area (Å²) in [7, 11) is 0. The third-order valence-corrected chi connectivity index (χ3v) is 2.56. The van der Waals surface area contributed by atoms with Gasteiger partial charge in [0, 0.05) is 24.3 Å². The molecule has 1 aromatic rings. The summed E-state index contributed by atoms with van der Waals surface area (Å²) in [6.45, 7) is 4.72. The molecule has 4 nitrogen and oxygen atoms in total. The van der Waals surface area contributed by atoms with Crippen LogP contribution < -0.4 is 10.6 Å². The van der Waals surface area contributed by atoms with Crippen LogP contribution in [0.15, 0.2) is 18.5 Å². The molecule has 0 spiro atoms. The largest absolute Gasteiger partial charge is 0.395 e. The van der Waals surface area contributed by atoms with Crippen LogP contribution >= 0.6 is 12.2 Å². The van der Waals surface area contributed by atoms with Gasteiger partial charge in [-0.3, -0.25) is 4.98 Å². The molecular weight excluding hydrogens is 222 g/mol. The first-order valence-corrected chi connectivity index (χ1v) is 5.60. The van der Waals surface area contributed by atoms with Gasteiger partial charge in [-0.2, -0.15) is 0 Å². The van der Waals surface area contributed by atoms with Gasteiger partial charge in [0.05, 0.1) is 18.5 Å². The van der Waals surface area contributed by atoms with Crippen LogP contribution in [0.2, 0.25) is 0 Å². The van der Waals surface area contributed by atoms with Crippen LogP contribution in [-0.2, 0) is 0 Å². The van der Waals surface area contributed by atoms with Gasteiger partial charge < -0.3 is 15.7 Å². The Morgan fingerprint density at radius 2 is 2.31 bits per heavy atom. The standard InChI is InChI=1S/C11H17N3OS/c1-8(2)14(5-6-15)10-7-13-4-3-9(10)11(12)16/h3-4,7-8,15H,5-6H2,1-2H3,(H2,12,16). The summed E-state index contributed by atoms with van der Waals surface area (Å²) in [5, 5.41) is 9.05. The Morgan fingerprint density at radius 3 is 2.81 bits per heavy atom. The first kappa shape index (κ1) is 12.9. The molecule has 0 fully saturated rings. The number of nitrogens with two attached hydrogens (primary N) is 1. The van der Waals surface area contributed by atoms with Gasteiger partial charge in [-0.1, -0.05) is 12.2 Å². The van der Waals surface area contributed by atoms with Crippen LogP contribution in [-0.4, -0.2) is 34.3 Å². The lowest BCUT2D eigenvalue weighted by molar-refractivity contribution is 0.299. The first-order valence-electron chi connectivity index (χ1n) is 5.19. The summed E-state index contributed by atoms with van der Waals surface area (Å²) < 4.78 is 0. The predicted molar refractivity (Wildman–Crippen MR) is 69.7 cm³/mol. The molecule has 0 saturated heterocycles. The second-order valence-electron chi connectivity index (χ2n) is 3.77. The summed E-state index contributed by atoms with van der Waals surface area (Å²) in [6.07, 6.45) is 3.39. The number of aliphatic hydroxyl groups is 1. The molecule has 0 aliphatic rings. The number of thiocarbonyl (C=S) groups is 1. The number of anilines is 1. The zero-order valence-corrected chi connectivity index (χ0v) is 10.4. The topological polar surface area (TPSA) is 62.4 Å². The van der Waals surface area contributed by atoms with E-state index in [0.29, 0.717) is 11.5 Å². The van der Waals surface area contributed by atoms with Gasteiger partial charge in [-0.25, -0.2) is 0 Å². The Labute approximate surface area is 101 Å². The van der Waals surface area contributed by atoms with E-state index in [1.165, 1.54) is 0 Å². The number of hydrogen-bond donors (Lipinski definition) is 2. The minimum atomic E-state index is 0.0872. The Balaban J connectivity index is 3.12. The summed E-state index contributed by atoms with van der Waals surface area (Å²) in [4.78, 5) is 6.45. The highest BCUT2D eigenvalue weighted by Crippen LogP contribution is 2.20. The Morgan fingerprint density at radius 1 is 1.62 bits per heavy atom. The van der Waals surface area contributed by atoms with Gasteiger partial charge in [0.2, 0.25) is 0 Å². The average Bonchev–Trinajstić information content (AvgIpc) is 2.25. The highest BCUT2D eigenvalue weighted by molar-refractivity contribution is 7.80. The SMILES string of the molecule is CC(C)N(CCO)c1cnccc1C(N)=S. The maximum Gasteiger partial charge on any atom is 0.106 e. The molecule has 1 heterocycles. The normalized spacial score (nSPS) is 10.5. The Kier molecular flexibility index (Phi) is 4.64. The van der Waals surface area contributed by atoms with Crippen molar-refractivity contribution in [1.29, 1.82) is 0 Å². The predicted octanol–water partition coefficient (Wildman–Crippen LogP) is 0.923. The van der Waals surface area contributed by atoms with Crippen molar-refractivity contribution in [3.05, 3.63) is 24.0 Å². The van der Waals surface area contributed by atoms with Crippen LogP contribution in [0.3, 0.4) is 0 Å². The van der Waals surface area contributed by atoms with Crippen molar-refractivity contribution in [3.63, 3.8) is 0 Å². The van der Waals surface area contributed by atoms with Gasteiger partial charge in [-0.05, 0) is 19.9 Å². The third kappa shape index (κ3) is 2.90. The molecule has 1 aromatic heterocycles. The van der Waals surface area contributed by atoms with Crippen LogP contribution in [0.4, 0.5) is 5.69 Å². The van der Waals surface area contributed by atoms with Crippen LogP contribution in [0.1, 0.15) is 19.4 Å². The molecule has 1 rings (SSSR count). The van der Waals surface area contributed by atoms with Crippen LogP contribution in [0.25, 0.3) is 0 Å². The van der Waals surface area contributed by atoms with Gasteiger partial charge in [0.25, 0.3) is 0 Å². The molecule has 0 bridgehead atoms. The molecule has 0 atom stereocenters. The summed E-state index contributed by atoms with van der Waals surface area (Å²) in [5.41, 5.74) is 7.34. The number of aliphatic hydroxyl groups excluding tert-OH is 1. The van der Waals surface area contributed by atoms with Crippen molar-refractivity contribution >= 4 is 22.9 Å². The highest BCUT2D eigenvalue weighted by Gasteiger charge is 2.15. The van der Waals surface area contributed by atoms with Crippen molar-refractivity contribution in [1.82, 2.24) is 4.98 Å². The van der Waals surface area contributed by atoms with E-state index in [1.54, 1.807) is 18.5 Å². The molecule has 0 amide bonds. The van der Waals surface area contributed by atoms with Crippen molar-refractivity contribution in [3.8, 4) is 0 Å². The van der Waals surface area contributed by atoms with Crippen molar-refractivity contribution in [2.45, 2.75) is 19.9 Å². The lowest BCUT2D eigenvalue weighted by atomic mass is 10.1. The van der Waals surface area contributed by atoms with Gasteiger partial charge in [0.1, 0.15) is 4.99 Å². The summed E-state index contributed by atoms with van der Waals surface area (Å²) in [6, 6.07) is 2.05.